The van der Waals surface area contributed by atoms with Crippen LogP contribution in [-0.4, -0.2) is 20.3 Å². The lowest BCUT2D eigenvalue weighted by atomic mass is 10.2. The van der Waals surface area contributed by atoms with Crippen molar-refractivity contribution in [3.8, 4) is 0 Å². The van der Waals surface area contributed by atoms with E-state index in [-0.39, 0.29) is 5.91 Å². The van der Waals surface area contributed by atoms with E-state index in [0.717, 1.165) is 11.2 Å². The maximum atomic E-state index is 12.1. The number of carbonyl (C=O) groups is 1. The number of aromatic nitrogens is 3. The maximum absolute atomic E-state index is 12.1. The number of rotatable bonds is 2. The van der Waals surface area contributed by atoms with Gasteiger partial charge < -0.3 is 9.72 Å². The van der Waals surface area contributed by atoms with Gasteiger partial charge in [-0.05, 0) is 30.7 Å². The van der Waals surface area contributed by atoms with Crippen LogP contribution in [0.1, 0.15) is 15.9 Å². The van der Waals surface area contributed by atoms with Crippen LogP contribution >= 0.6 is 0 Å². The molecule has 0 aromatic carbocycles. The smallest absolute Gasteiger partial charge is 0.258 e. The molecule has 0 saturated heterocycles. The summed E-state index contributed by atoms with van der Waals surface area (Å²) in [7, 11) is 0. The van der Waals surface area contributed by atoms with Crippen molar-refractivity contribution in [2.24, 2.45) is 0 Å². The van der Waals surface area contributed by atoms with E-state index in [1.807, 2.05) is 13.0 Å². The monoisotopic (exact) mass is 252 g/mol. The number of pyridine rings is 2. The first kappa shape index (κ1) is 11.4. The average Bonchev–Trinajstić information content (AvgIpc) is 2.88. The summed E-state index contributed by atoms with van der Waals surface area (Å²) in [5.41, 5.74) is 2.43. The quantitative estimate of drug-likeness (QED) is 0.761. The van der Waals surface area contributed by atoms with Crippen molar-refractivity contribution in [1.29, 1.82) is 0 Å². The van der Waals surface area contributed by atoms with Crippen LogP contribution in [0, 0.1) is 6.92 Å². The standard InChI is InChI=1S/C14H12N4O/c1-10-2-4-12(16-8-10)17-14(19)11-3-5-13-15-6-7-18(13)9-11/h2-9H,1H3,(H,16,17,19). The molecule has 0 saturated carbocycles. The molecule has 5 nitrogen and oxygen atoms in total. The van der Waals surface area contributed by atoms with E-state index in [2.05, 4.69) is 15.3 Å². The zero-order valence-electron chi connectivity index (χ0n) is 10.4. The summed E-state index contributed by atoms with van der Waals surface area (Å²) in [4.78, 5) is 20.4. The van der Waals surface area contributed by atoms with Gasteiger partial charge in [0.05, 0.1) is 5.56 Å². The van der Waals surface area contributed by atoms with Crippen LogP contribution in [0.25, 0.3) is 5.65 Å². The average molecular weight is 252 g/mol. The maximum Gasteiger partial charge on any atom is 0.258 e. The molecule has 0 aliphatic carbocycles. The van der Waals surface area contributed by atoms with Gasteiger partial charge in [0.15, 0.2) is 0 Å². The van der Waals surface area contributed by atoms with Gasteiger partial charge in [-0.1, -0.05) is 6.07 Å². The zero-order chi connectivity index (χ0) is 13.2. The van der Waals surface area contributed by atoms with E-state index < -0.39 is 0 Å². The molecule has 5 heteroatoms. The number of hydrogen-bond donors (Lipinski definition) is 1. The summed E-state index contributed by atoms with van der Waals surface area (Å²) in [6.07, 6.45) is 6.95. The Morgan fingerprint density at radius 1 is 1.21 bits per heavy atom. The molecule has 0 unspecified atom stereocenters. The summed E-state index contributed by atoms with van der Waals surface area (Å²) >= 11 is 0. The van der Waals surface area contributed by atoms with Crippen LogP contribution in [0.2, 0.25) is 0 Å². The Bertz CT molecular complexity index is 731. The van der Waals surface area contributed by atoms with Gasteiger partial charge in [0.25, 0.3) is 5.91 Å². The number of fused-ring (bicyclic) bond motifs is 1. The minimum atomic E-state index is -0.188. The molecule has 0 fully saturated rings. The van der Waals surface area contributed by atoms with Crippen molar-refractivity contribution < 1.29 is 4.79 Å². The predicted octanol–water partition coefficient (Wildman–Crippen LogP) is 2.29. The molecule has 1 N–H and O–H groups in total. The van der Waals surface area contributed by atoms with Crippen molar-refractivity contribution in [2.45, 2.75) is 6.92 Å². The molecule has 0 aliphatic rings. The SMILES string of the molecule is Cc1ccc(NC(=O)c2ccc3nccn3c2)nc1. The number of anilines is 1. The van der Waals surface area contributed by atoms with Crippen molar-refractivity contribution in [3.63, 3.8) is 0 Å². The minimum Gasteiger partial charge on any atom is -0.307 e. The molecule has 19 heavy (non-hydrogen) atoms. The third kappa shape index (κ3) is 2.30. The first-order valence-corrected chi connectivity index (χ1v) is 5.89. The van der Waals surface area contributed by atoms with Gasteiger partial charge in [0, 0.05) is 24.8 Å². The second-order valence-electron chi connectivity index (χ2n) is 4.29. The third-order valence-corrected chi connectivity index (χ3v) is 2.80. The zero-order valence-corrected chi connectivity index (χ0v) is 10.4. The highest BCUT2D eigenvalue weighted by Gasteiger charge is 2.07. The first-order chi connectivity index (χ1) is 9.22. The highest BCUT2D eigenvalue weighted by atomic mass is 16.1. The van der Waals surface area contributed by atoms with Crippen LogP contribution in [0.15, 0.2) is 49.1 Å². The molecule has 3 aromatic heterocycles. The summed E-state index contributed by atoms with van der Waals surface area (Å²) in [5, 5.41) is 2.76. The van der Waals surface area contributed by atoms with Crippen LogP contribution in [-0.2, 0) is 0 Å². The van der Waals surface area contributed by atoms with Crippen LogP contribution in [0.5, 0.6) is 0 Å². The van der Waals surface area contributed by atoms with Gasteiger partial charge in [-0.15, -0.1) is 0 Å². The summed E-state index contributed by atoms with van der Waals surface area (Å²) in [6, 6.07) is 7.23. The molecule has 1 amide bonds. The molecule has 94 valence electrons. The van der Waals surface area contributed by atoms with Crippen molar-refractivity contribution in [2.75, 3.05) is 5.32 Å². The Morgan fingerprint density at radius 2 is 2.11 bits per heavy atom. The first-order valence-electron chi connectivity index (χ1n) is 5.89. The Balaban J connectivity index is 1.84. The number of nitrogens with one attached hydrogen (secondary N) is 1. The highest BCUT2D eigenvalue weighted by Crippen LogP contribution is 2.09. The lowest BCUT2D eigenvalue weighted by molar-refractivity contribution is 0.102. The van der Waals surface area contributed by atoms with Crippen molar-refractivity contribution in [3.05, 3.63) is 60.2 Å². The van der Waals surface area contributed by atoms with Gasteiger partial charge in [0.2, 0.25) is 0 Å². The Kier molecular flexibility index (Phi) is 2.72. The molecular weight excluding hydrogens is 240 g/mol. The number of aryl methyl sites for hydroxylation is 1. The number of imidazole rings is 1. The van der Waals surface area contributed by atoms with Gasteiger partial charge >= 0.3 is 0 Å². The normalized spacial score (nSPS) is 10.6. The largest absolute Gasteiger partial charge is 0.307 e. The van der Waals surface area contributed by atoms with E-state index >= 15 is 0 Å². The van der Waals surface area contributed by atoms with Gasteiger partial charge in [-0.3, -0.25) is 4.79 Å². The molecule has 3 heterocycles. The Morgan fingerprint density at radius 3 is 2.89 bits per heavy atom. The van der Waals surface area contributed by atoms with E-state index in [9.17, 15) is 4.79 Å². The van der Waals surface area contributed by atoms with E-state index in [0.29, 0.717) is 11.4 Å². The van der Waals surface area contributed by atoms with Crippen molar-refractivity contribution in [1.82, 2.24) is 14.4 Å². The van der Waals surface area contributed by atoms with E-state index in [1.54, 1.807) is 47.4 Å². The molecule has 0 atom stereocenters. The minimum absolute atomic E-state index is 0.188. The number of hydrogen-bond acceptors (Lipinski definition) is 3. The molecule has 0 radical (unpaired) electrons. The van der Waals surface area contributed by atoms with Crippen LogP contribution in [0.3, 0.4) is 0 Å². The number of amides is 1. The fourth-order valence-corrected chi connectivity index (χ4v) is 1.78. The Labute approximate surface area is 109 Å². The number of carbonyl (C=O) groups excluding carboxylic acids is 1. The summed E-state index contributed by atoms with van der Waals surface area (Å²) in [5.74, 6) is 0.355. The second-order valence-corrected chi connectivity index (χ2v) is 4.29. The topological polar surface area (TPSA) is 59.3 Å². The predicted molar refractivity (Wildman–Crippen MR) is 72.1 cm³/mol. The molecule has 0 bridgehead atoms. The van der Waals surface area contributed by atoms with Gasteiger partial charge in [-0.25, -0.2) is 9.97 Å². The Hall–Kier alpha value is -2.69. The highest BCUT2D eigenvalue weighted by molar-refractivity contribution is 6.03. The molecule has 0 aliphatic heterocycles. The lowest BCUT2D eigenvalue weighted by Crippen LogP contribution is -2.13. The lowest BCUT2D eigenvalue weighted by Gasteiger charge is -2.05. The second kappa shape index (κ2) is 4.53. The van der Waals surface area contributed by atoms with Crippen LogP contribution in [0.4, 0.5) is 5.82 Å². The van der Waals surface area contributed by atoms with E-state index in [4.69, 9.17) is 0 Å². The third-order valence-electron chi connectivity index (χ3n) is 2.80. The van der Waals surface area contributed by atoms with E-state index in [1.165, 1.54) is 0 Å². The van der Waals surface area contributed by atoms with Crippen molar-refractivity contribution >= 4 is 17.4 Å². The molecular formula is C14H12N4O. The van der Waals surface area contributed by atoms with Gasteiger partial charge in [-0.2, -0.15) is 0 Å². The molecule has 3 rings (SSSR count). The number of nitrogens with zero attached hydrogens (tertiary/aromatic N) is 3. The summed E-state index contributed by atoms with van der Waals surface area (Å²) < 4.78 is 1.80. The summed E-state index contributed by atoms with van der Waals surface area (Å²) in [6.45, 7) is 1.95. The van der Waals surface area contributed by atoms with Gasteiger partial charge in [0.1, 0.15) is 11.5 Å². The van der Waals surface area contributed by atoms with Crippen LogP contribution < -0.4 is 5.32 Å². The molecule has 0 spiro atoms. The fourth-order valence-electron chi connectivity index (χ4n) is 1.78. The fraction of sp³-hybridized carbons (Fsp3) is 0.0714. The molecule has 3 aromatic rings.